The number of anilines is 1. The third kappa shape index (κ3) is 7.35. The molecule has 0 saturated heterocycles. The number of ether oxygens (including phenoxy) is 3. The largest absolute Gasteiger partial charge is 0.493 e. The number of carbonyl (C=O) groups excluding carboxylic acids is 2. The van der Waals surface area contributed by atoms with Crippen molar-refractivity contribution in [3.05, 3.63) is 101 Å². The number of fused-ring (bicyclic) bond motifs is 1. The van der Waals surface area contributed by atoms with Crippen LogP contribution in [0.4, 0.5) is 5.69 Å². The zero-order valence-corrected chi connectivity index (χ0v) is 27.5. The predicted molar refractivity (Wildman–Crippen MR) is 185 cm³/mol. The van der Waals surface area contributed by atoms with Crippen molar-refractivity contribution in [3.8, 4) is 40.1 Å². The van der Waals surface area contributed by atoms with Gasteiger partial charge in [0.25, 0.3) is 5.22 Å². The van der Waals surface area contributed by atoms with Crippen molar-refractivity contribution in [1.82, 2.24) is 20.2 Å². The summed E-state index contributed by atoms with van der Waals surface area (Å²) in [6, 6.07) is 23.1. The summed E-state index contributed by atoms with van der Waals surface area (Å²) < 4.78 is 21.8. The standard InChI is InChI=1S/C35H28ClN5O6S/c1-44-29-16-20(17-30(45-2)32(29)46-3)4-15-28(42)21-9-12-25(13-10-21)37-31(43)19-48-35-41-40-34(47-35)23-7-5-22(6-8-23)33-38-26-14-11-24(36)18-27(26)39-33/h4-18H,19H2,1-3H3,(H,37,43)(H,38,39)/b15-4+. The number of nitrogens with zero attached hydrogens (tertiary/aromatic N) is 3. The Balaban J connectivity index is 1.01. The number of nitrogens with one attached hydrogen (secondary N) is 2. The average molecular weight is 682 g/mol. The molecule has 0 saturated carbocycles. The molecule has 2 N–H and O–H groups in total. The van der Waals surface area contributed by atoms with Gasteiger partial charge in [0.2, 0.25) is 17.5 Å². The molecule has 0 aliphatic rings. The van der Waals surface area contributed by atoms with E-state index in [1.807, 2.05) is 36.4 Å². The number of benzene rings is 4. The SMILES string of the molecule is COc1cc(/C=C/C(=O)c2ccc(NC(=O)CSc3nnc(-c4ccc(-c5nc6ccc(Cl)cc6[nH]5)cc4)o3)cc2)cc(OC)c1OC. The van der Waals surface area contributed by atoms with Gasteiger partial charge in [0, 0.05) is 27.4 Å². The Hall–Kier alpha value is -5.59. The van der Waals surface area contributed by atoms with Gasteiger partial charge in [-0.15, -0.1) is 10.2 Å². The van der Waals surface area contributed by atoms with Gasteiger partial charge < -0.3 is 28.9 Å². The number of aromatic amines is 1. The van der Waals surface area contributed by atoms with Gasteiger partial charge in [0.15, 0.2) is 17.3 Å². The number of carbonyl (C=O) groups is 2. The monoisotopic (exact) mass is 681 g/mol. The lowest BCUT2D eigenvalue weighted by Gasteiger charge is -2.12. The molecular formula is C35H28ClN5O6S. The van der Waals surface area contributed by atoms with E-state index in [9.17, 15) is 9.59 Å². The molecule has 4 aromatic carbocycles. The summed E-state index contributed by atoms with van der Waals surface area (Å²) in [5, 5.41) is 11.9. The zero-order valence-electron chi connectivity index (χ0n) is 25.9. The Labute approximate surface area is 284 Å². The molecular weight excluding hydrogens is 654 g/mol. The van der Waals surface area contributed by atoms with E-state index in [-0.39, 0.29) is 22.7 Å². The molecule has 0 aliphatic carbocycles. The van der Waals surface area contributed by atoms with E-state index in [4.69, 9.17) is 30.2 Å². The molecule has 48 heavy (non-hydrogen) atoms. The molecule has 0 atom stereocenters. The first-order valence-corrected chi connectivity index (χ1v) is 15.8. The molecule has 0 spiro atoms. The predicted octanol–water partition coefficient (Wildman–Crippen LogP) is 7.59. The number of rotatable bonds is 12. The van der Waals surface area contributed by atoms with Crippen molar-refractivity contribution in [2.45, 2.75) is 5.22 Å². The lowest BCUT2D eigenvalue weighted by molar-refractivity contribution is -0.113. The Morgan fingerprint density at radius 2 is 1.60 bits per heavy atom. The van der Waals surface area contributed by atoms with Crippen LogP contribution in [0.3, 0.4) is 0 Å². The number of thioether (sulfide) groups is 1. The fourth-order valence-corrected chi connectivity index (χ4v) is 5.52. The number of hydrogen-bond donors (Lipinski definition) is 2. The number of allylic oxidation sites excluding steroid dienone is 1. The van der Waals surface area contributed by atoms with E-state index in [0.717, 1.165) is 39.7 Å². The van der Waals surface area contributed by atoms with Gasteiger partial charge in [-0.05, 0) is 78.4 Å². The molecule has 0 aliphatic heterocycles. The van der Waals surface area contributed by atoms with Crippen molar-refractivity contribution in [3.63, 3.8) is 0 Å². The molecule has 13 heteroatoms. The summed E-state index contributed by atoms with van der Waals surface area (Å²) in [6.07, 6.45) is 3.12. The molecule has 0 fully saturated rings. The maximum absolute atomic E-state index is 12.8. The molecule has 6 aromatic rings. The molecule has 0 unspecified atom stereocenters. The van der Waals surface area contributed by atoms with Crippen molar-refractivity contribution in [2.24, 2.45) is 0 Å². The van der Waals surface area contributed by atoms with Crippen LogP contribution in [0.2, 0.25) is 5.02 Å². The second kappa shape index (κ2) is 14.4. The number of ketones is 1. The number of hydrogen-bond acceptors (Lipinski definition) is 10. The van der Waals surface area contributed by atoms with Gasteiger partial charge in [0.1, 0.15) is 5.82 Å². The molecule has 2 aromatic heterocycles. The molecule has 0 radical (unpaired) electrons. The first-order chi connectivity index (χ1) is 23.3. The summed E-state index contributed by atoms with van der Waals surface area (Å²) in [5.74, 6) is 2.07. The molecule has 242 valence electrons. The van der Waals surface area contributed by atoms with E-state index < -0.39 is 0 Å². The van der Waals surface area contributed by atoms with Crippen molar-refractivity contribution >= 4 is 57.9 Å². The average Bonchev–Trinajstić information content (AvgIpc) is 3.77. The van der Waals surface area contributed by atoms with Gasteiger partial charge in [-0.25, -0.2) is 4.98 Å². The second-order valence-corrected chi connectivity index (χ2v) is 11.6. The fourth-order valence-electron chi connectivity index (χ4n) is 4.78. The maximum Gasteiger partial charge on any atom is 0.277 e. The van der Waals surface area contributed by atoms with E-state index >= 15 is 0 Å². The highest BCUT2D eigenvalue weighted by Gasteiger charge is 2.14. The normalized spacial score (nSPS) is 11.2. The zero-order chi connectivity index (χ0) is 33.6. The Morgan fingerprint density at radius 1 is 0.896 bits per heavy atom. The molecule has 11 nitrogen and oxygen atoms in total. The van der Waals surface area contributed by atoms with Crippen LogP contribution in [0.25, 0.3) is 40.0 Å². The Kier molecular flexibility index (Phi) is 9.74. The van der Waals surface area contributed by atoms with Crippen LogP contribution < -0.4 is 19.5 Å². The van der Waals surface area contributed by atoms with Gasteiger partial charge in [-0.1, -0.05) is 41.6 Å². The highest BCUT2D eigenvalue weighted by atomic mass is 35.5. The van der Waals surface area contributed by atoms with Gasteiger partial charge in [0.05, 0.1) is 38.1 Å². The van der Waals surface area contributed by atoms with Crippen LogP contribution in [-0.2, 0) is 4.79 Å². The van der Waals surface area contributed by atoms with Crippen molar-refractivity contribution < 1.29 is 28.2 Å². The lowest BCUT2D eigenvalue weighted by atomic mass is 10.1. The summed E-state index contributed by atoms with van der Waals surface area (Å²) in [7, 11) is 4.58. The van der Waals surface area contributed by atoms with E-state index in [2.05, 4.69) is 25.5 Å². The van der Waals surface area contributed by atoms with Gasteiger partial charge >= 0.3 is 0 Å². The number of H-pyrrole nitrogens is 1. The third-order valence-electron chi connectivity index (χ3n) is 7.15. The van der Waals surface area contributed by atoms with Gasteiger partial charge in [-0.2, -0.15) is 0 Å². The third-order valence-corrected chi connectivity index (χ3v) is 8.20. The van der Waals surface area contributed by atoms with Crippen LogP contribution in [0.1, 0.15) is 15.9 Å². The maximum atomic E-state index is 12.8. The summed E-state index contributed by atoms with van der Waals surface area (Å²) in [6.45, 7) is 0. The Bertz CT molecular complexity index is 2100. The first-order valence-electron chi connectivity index (χ1n) is 14.5. The number of halogens is 1. The van der Waals surface area contributed by atoms with E-state index in [1.165, 1.54) is 27.4 Å². The van der Waals surface area contributed by atoms with Crippen molar-refractivity contribution in [2.75, 3.05) is 32.4 Å². The minimum Gasteiger partial charge on any atom is -0.493 e. The second-order valence-electron chi connectivity index (χ2n) is 10.3. The Morgan fingerprint density at radius 3 is 2.29 bits per heavy atom. The topological polar surface area (TPSA) is 141 Å². The molecule has 6 rings (SSSR count). The fraction of sp³-hybridized carbons (Fsp3) is 0.114. The number of methoxy groups -OCH3 is 3. The van der Waals surface area contributed by atoms with Crippen LogP contribution >= 0.6 is 23.4 Å². The van der Waals surface area contributed by atoms with Crippen LogP contribution in [0.15, 0.2) is 94.6 Å². The molecule has 1 amide bonds. The highest BCUT2D eigenvalue weighted by Crippen LogP contribution is 2.38. The highest BCUT2D eigenvalue weighted by molar-refractivity contribution is 7.99. The van der Waals surface area contributed by atoms with Crippen LogP contribution in [0.5, 0.6) is 17.2 Å². The smallest absolute Gasteiger partial charge is 0.277 e. The molecule has 2 heterocycles. The number of amides is 1. The summed E-state index contributed by atoms with van der Waals surface area (Å²) in [5.41, 5.74) is 5.01. The quantitative estimate of drug-likeness (QED) is 0.0754. The van der Waals surface area contributed by atoms with Crippen molar-refractivity contribution in [1.29, 1.82) is 0 Å². The molecule has 0 bridgehead atoms. The summed E-state index contributed by atoms with van der Waals surface area (Å²) in [4.78, 5) is 33.3. The minimum atomic E-state index is -0.266. The lowest BCUT2D eigenvalue weighted by Crippen LogP contribution is -2.14. The first kappa shape index (κ1) is 32.4. The van der Waals surface area contributed by atoms with Gasteiger partial charge in [-0.3, -0.25) is 9.59 Å². The minimum absolute atomic E-state index is 0.0504. The van der Waals surface area contributed by atoms with Crippen LogP contribution in [-0.4, -0.2) is 58.9 Å². The van der Waals surface area contributed by atoms with Crippen LogP contribution in [0, 0.1) is 0 Å². The number of aromatic nitrogens is 4. The summed E-state index contributed by atoms with van der Waals surface area (Å²) >= 11 is 7.20. The van der Waals surface area contributed by atoms with E-state index in [0.29, 0.717) is 45.0 Å². The number of imidazole rings is 1. The van der Waals surface area contributed by atoms with E-state index in [1.54, 1.807) is 48.5 Å².